The molecule has 20 heavy (non-hydrogen) atoms. The number of carbonyl (C=O) groups excluding carboxylic acids is 1. The number of aromatic nitrogens is 3. The lowest BCUT2D eigenvalue weighted by Crippen LogP contribution is -2.27. The largest absolute Gasteiger partial charge is 0.370 e. The van der Waals surface area contributed by atoms with Crippen LogP contribution in [0.3, 0.4) is 0 Å². The van der Waals surface area contributed by atoms with Crippen molar-refractivity contribution >= 4 is 23.3 Å². The summed E-state index contributed by atoms with van der Waals surface area (Å²) in [7, 11) is 0. The Balaban J connectivity index is 2.12. The normalized spacial score (nSPS) is 11.9. The number of hydrogen-bond donors (Lipinski definition) is 3. The number of carbonyl (C=O) groups is 1. The molecule has 2 heterocycles. The molecule has 3 N–H and O–H groups in total. The van der Waals surface area contributed by atoms with E-state index in [4.69, 9.17) is 11.6 Å². The van der Waals surface area contributed by atoms with Crippen LogP contribution in [0.5, 0.6) is 0 Å². The van der Waals surface area contributed by atoms with Crippen LogP contribution in [0.15, 0.2) is 24.5 Å². The summed E-state index contributed by atoms with van der Waals surface area (Å²) in [5.74, 6) is 1.05. The molecule has 0 fully saturated rings. The van der Waals surface area contributed by atoms with Gasteiger partial charge in [-0.05, 0) is 26.0 Å². The number of halogens is 1. The third kappa shape index (κ3) is 3.48. The van der Waals surface area contributed by atoms with Gasteiger partial charge in [-0.1, -0.05) is 11.6 Å². The summed E-state index contributed by atoms with van der Waals surface area (Å²) in [4.78, 5) is 23.3. The van der Waals surface area contributed by atoms with Crippen LogP contribution in [0.25, 0.3) is 0 Å². The first-order chi connectivity index (χ1) is 9.60. The van der Waals surface area contributed by atoms with Gasteiger partial charge in [-0.2, -0.15) is 0 Å². The van der Waals surface area contributed by atoms with Gasteiger partial charge in [-0.3, -0.25) is 4.79 Å². The molecule has 1 atom stereocenters. The van der Waals surface area contributed by atoms with Crippen molar-refractivity contribution in [1.29, 1.82) is 0 Å². The highest BCUT2D eigenvalue weighted by atomic mass is 35.5. The Bertz CT molecular complexity index is 584. The lowest BCUT2D eigenvalue weighted by molar-refractivity contribution is 0.0938. The van der Waals surface area contributed by atoms with Crippen LogP contribution in [-0.4, -0.2) is 27.4 Å². The average molecular weight is 294 g/mol. The van der Waals surface area contributed by atoms with Crippen LogP contribution in [0.4, 0.5) is 5.82 Å². The predicted molar refractivity (Wildman–Crippen MR) is 77.9 cm³/mol. The van der Waals surface area contributed by atoms with E-state index >= 15 is 0 Å². The maximum absolute atomic E-state index is 12.2. The van der Waals surface area contributed by atoms with E-state index in [0.717, 1.165) is 0 Å². The number of rotatable bonds is 5. The lowest BCUT2D eigenvalue weighted by atomic mass is 10.2. The highest BCUT2D eigenvalue weighted by Gasteiger charge is 2.14. The third-order valence-corrected chi connectivity index (χ3v) is 2.88. The van der Waals surface area contributed by atoms with E-state index in [2.05, 4.69) is 25.6 Å². The minimum Gasteiger partial charge on any atom is -0.370 e. The molecule has 0 radical (unpaired) electrons. The number of amides is 1. The summed E-state index contributed by atoms with van der Waals surface area (Å²) in [6.07, 6.45) is 3.36. The van der Waals surface area contributed by atoms with E-state index in [9.17, 15) is 4.79 Å². The smallest absolute Gasteiger partial charge is 0.252 e. The highest BCUT2D eigenvalue weighted by molar-refractivity contribution is 6.29. The van der Waals surface area contributed by atoms with Gasteiger partial charge in [0.05, 0.1) is 6.04 Å². The number of nitrogens with zero attached hydrogens (tertiary/aromatic N) is 2. The van der Waals surface area contributed by atoms with Crippen molar-refractivity contribution in [2.75, 3.05) is 11.9 Å². The first-order valence-corrected chi connectivity index (χ1v) is 6.69. The maximum Gasteiger partial charge on any atom is 0.252 e. The van der Waals surface area contributed by atoms with Gasteiger partial charge < -0.3 is 15.6 Å². The molecule has 0 aromatic carbocycles. The summed E-state index contributed by atoms with van der Waals surface area (Å²) in [5.41, 5.74) is 0.458. The van der Waals surface area contributed by atoms with Crippen molar-refractivity contribution in [3.05, 3.63) is 41.1 Å². The molecule has 106 valence electrons. The van der Waals surface area contributed by atoms with Gasteiger partial charge in [0.2, 0.25) is 0 Å². The minimum absolute atomic E-state index is 0.216. The number of imidazole rings is 1. The van der Waals surface area contributed by atoms with Crippen LogP contribution in [0.2, 0.25) is 5.15 Å². The van der Waals surface area contributed by atoms with Crippen LogP contribution >= 0.6 is 11.6 Å². The van der Waals surface area contributed by atoms with Crippen LogP contribution in [0.1, 0.15) is 36.1 Å². The fourth-order valence-corrected chi connectivity index (χ4v) is 1.97. The predicted octanol–water partition coefficient (Wildman–Crippen LogP) is 2.38. The first kappa shape index (κ1) is 14.3. The van der Waals surface area contributed by atoms with E-state index in [1.165, 1.54) is 6.07 Å². The average Bonchev–Trinajstić information content (AvgIpc) is 2.92. The van der Waals surface area contributed by atoms with E-state index in [1.807, 2.05) is 13.8 Å². The fourth-order valence-electron chi connectivity index (χ4n) is 1.76. The number of H-pyrrole nitrogens is 1. The van der Waals surface area contributed by atoms with Crippen LogP contribution in [0, 0.1) is 0 Å². The molecule has 7 heteroatoms. The van der Waals surface area contributed by atoms with Crippen molar-refractivity contribution in [3.63, 3.8) is 0 Å². The highest BCUT2D eigenvalue weighted by Crippen LogP contribution is 2.15. The molecule has 2 aromatic heterocycles. The SMILES string of the molecule is CCNc1cc(C(=O)NC(C)c2ncc[nH]2)cc(Cl)n1. The van der Waals surface area contributed by atoms with Gasteiger partial charge in [0.1, 0.15) is 16.8 Å². The van der Waals surface area contributed by atoms with Gasteiger partial charge in [0.25, 0.3) is 5.91 Å². The number of pyridine rings is 1. The zero-order valence-electron chi connectivity index (χ0n) is 11.3. The van der Waals surface area contributed by atoms with Gasteiger partial charge in [0.15, 0.2) is 0 Å². The number of aromatic amines is 1. The summed E-state index contributed by atoms with van der Waals surface area (Å²) in [6.45, 7) is 4.50. The fraction of sp³-hybridized carbons (Fsp3) is 0.308. The number of nitrogens with one attached hydrogen (secondary N) is 3. The van der Waals surface area contributed by atoms with Gasteiger partial charge in [-0.15, -0.1) is 0 Å². The van der Waals surface area contributed by atoms with Crippen LogP contribution < -0.4 is 10.6 Å². The monoisotopic (exact) mass is 293 g/mol. The van der Waals surface area contributed by atoms with E-state index in [-0.39, 0.29) is 17.1 Å². The summed E-state index contributed by atoms with van der Waals surface area (Å²) >= 11 is 5.92. The zero-order valence-corrected chi connectivity index (χ0v) is 12.0. The van der Waals surface area contributed by atoms with Crippen molar-refractivity contribution < 1.29 is 4.79 Å². The molecule has 0 bridgehead atoms. The van der Waals surface area contributed by atoms with Crippen molar-refractivity contribution in [2.24, 2.45) is 0 Å². The Morgan fingerprint density at radius 3 is 2.95 bits per heavy atom. The summed E-state index contributed by atoms with van der Waals surface area (Å²) < 4.78 is 0. The summed E-state index contributed by atoms with van der Waals surface area (Å²) in [5, 5.41) is 6.16. The molecule has 0 aliphatic heterocycles. The van der Waals surface area contributed by atoms with Crippen molar-refractivity contribution in [2.45, 2.75) is 19.9 Å². The molecule has 2 rings (SSSR count). The molecule has 2 aromatic rings. The second-order valence-electron chi connectivity index (χ2n) is 4.26. The second kappa shape index (κ2) is 6.38. The number of anilines is 1. The van der Waals surface area contributed by atoms with E-state index in [1.54, 1.807) is 18.5 Å². The third-order valence-electron chi connectivity index (χ3n) is 2.69. The molecule has 0 aliphatic carbocycles. The molecule has 1 unspecified atom stereocenters. The molecule has 1 amide bonds. The molecular formula is C13H16ClN5O. The first-order valence-electron chi connectivity index (χ1n) is 6.31. The van der Waals surface area contributed by atoms with Crippen molar-refractivity contribution in [3.8, 4) is 0 Å². The van der Waals surface area contributed by atoms with Crippen LogP contribution in [-0.2, 0) is 0 Å². The van der Waals surface area contributed by atoms with Gasteiger partial charge >= 0.3 is 0 Å². The Kier molecular flexibility index (Phi) is 4.57. The second-order valence-corrected chi connectivity index (χ2v) is 4.65. The van der Waals surface area contributed by atoms with E-state index in [0.29, 0.717) is 23.8 Å². The molecule has 6 nitrogen and oxygen atoms in total. The topological polar surface area (TPSA) is 82.7 Å². The minimum atomic E-state index is -0.225. The van der Waals surface area contributed by atoms with Crippen molar-refractivity contribution in [1.82, 2.24) is 20.3 Å². The van der Waals surface area contributed by atoms with Gasteiger partial charge in [0, 0.05) is 24.5 Å². The zero-order chi connectivity index (χ0) is 14.5. The lowest BCUT2D eigenvalue weighted by Gasteiger charge is -2.12. The quantitative estimate of drug-likeness (QED) is 0.739. The van der Waals surface area contributed by atoms with Gasteiger partial charge in [-0.25, -0.2) is 9.97 Å². The van der Waals surface area contributed by atoms with E-state index < -0.39 is 0 Å². The molecule has 0 saturated carbocycles. The maximum atomic E-state index is 12.2. The Hall–Kier alpha value is -2.08. The molecule has 0 saturated heterocycles. The summed E-state index contributed by atoms with van der Waals surface area (Å²) in [6, 6.07) is 2.98. The molecular weight excluding hydrogens is 278 g/mol. The number of hydrogen-bond acceptors (Lipinski definition) is 4. The molecule has 0 aliphatic rings. The Labute approximate surface area is 122 Å². The Morgan fingerprint density at radius 1 is 1.50 bits per heavy atom. The Morgan fingerprint density at radius 2 is 2.30 bits per heavy atom. The standard InChI is InChI=1S/C13H16ClN5O/c1-3-15-11-7-9(6-10(14)19-11)13(20)18-8(2)12-16-4-5-17-12/h4-8H,3H2,1-2H3,(H,15,19)(H,16,17)(H,18,20). The molecule has 0 spiro atoms.